The zero-order valence-electron chi connectivity index (χ0n) is 5.61. The summed E-state index contributed by atoms with van der Waals surface area (Å²) in [4.78, 5) is 14.7. The van der Waals surface area contributed by atoms with E-state index in [4.69, 9.17) is 0 Å². The van der Waals surface area contributed by atoms with Gasteiger partial charge in [-0.05, 0) is 6.07 Å². The molecule has 1 aromatic rings. The van der Waals surface area contributed by atoms with Crippen molar-refractivity contribution in [3.63, 3.8) is 0 Å². The van der Waals surface area contributed by atoms with Gasteiger partial charge in [-0.15, -0.1) is 0 Å². The second-order valence-electron chi connectivity index (χ2n) is 2.33. The number of carbonyl (C=O) groups is 1. The summed E-state index contributed by atoms with van der Waals surface area (Å²) in [5, 5.41) is 11.6. The van der Waals surface area contributed by atoms with E-state index in [1.165, 1.54) is 0 Å². The van der Waals surface area contributed by atoms with Crippen molar-refractivity contribution in [3.8, 4) is 0 Å². The molecular formula is C7H6N2O2. The van der Waals surface area contributed by atoms with Crippen LogP contribution in [0.25, 0.3) is 0 Å². The topological polar surface area (TPSA) is 62.2 Å². The van der Waals surface area contributed by atoms with Gasteiger partial charge >= 0.3 is 0 Å². The number of hydrogen-bond donors (Lipinski definition) is 2. The van der Waals surface area contributed by atoms with Crippen LogP contribution < -0.4 is 5.32 Å². The minimum Gasteiger partial charge on any atom is -0.378 e. The fraction of sp³-hybridized carbons (Fsp3) is 0.143. The first kappa shape index (κ1) is 6.30. The second kappa shape index (κ2) is 2.03. The summed E-state index contributed by atoms with van der Waals surface area (Å²) in [5.74, 6) is 0.0590. The van der Waals surface area contributed by atoms with Crippen LogP contribution >= 0.6 is 0 Å². The van der Waals surface area contributed by atoms with Crippen LogP contribution in [-0.2, 0) is 4.79 Å². The number of aliphatic hydroxyl groups is 1. The van der Waals surface area contributed by atoms with Crippen molar-refractivity contribution in [2.75, 3.05) is 5.32 Å². The lowest BCUT2D eigenvalue weighted by molar-refractivity contribution is -0.123. The lowest BCUT2D eigenvalue weighted by Crippen LogP contribution is -2.10. The van der Waals surface area contributed by atoms with Crippen molar-refractivity contribution in [2.45, 2.75) is 6.10 Å². The van der Waals surface area contributed by atoms with E-state index in [0.29, 0.717) is 11.4 Å². The summed E-state index contributed by atoms with van der Waals surface area (Å²) < 4.78 is 0. The van der Waals surface area contributed by atoms with Crippen LogP contribution in [0.2, 0.25) is 0 Å². The molecule has 2 heterocycles. The standard InChI is InChI=1S/C7H6N2O2/c10-5-4-2-1-3-8-6(4)9-7(5)11/h1-3,5,10H,(H,8,9,11). The first-order valence-electron chi connectivity index (χ1n) is 3.23. The summed E-state index contributed by atoms with van der Waals surface area (Å²) in [6, 6.07) is 3.35. The maximum atomic E-state index is 10.8. The Bertz CT molecular complexity index is 311. The molecule has 1 unspecified atom stereocenters. The van der Waals surface area contributed by atoms with Crippen LogP contribution in [0, 0.1) is 0 Å². The molecule has 1 aliphatic rings. The highest BCUT2D eigenvalue weighted by Gasteiger charge is 2.28. The van der Waals surface area contributed by atoms with Crippen molar-refractivity contribution in [1.29, 1.82) is 0 Å². The number of rotatable bonds is 0. The van der Waals surface area contributed by atoms with Gasteiger partial charge in [0, 0.05) is 11.8 Å². The predicted octanol–water partition coefficient (Wildman–Crippen LogP) is 0.0671. The van der Waals surface area contributed by atoms with Gasteiger partial charge in [-0.1, -0.05) is 6.07 Å². The minimum atomic E-state index is -1.04. The molecule has 0 aromatic carbocycles. The van der Waals surface area contributed by atoms with Gasteiger partial charge in [-0.25, -0.2) is 4.98 Å². The molecule has 1 aliphatic heterocycles. The molecule has 2 rings (SSSR count). The fourth-order valence-corrected chi connectivity index (χ4v) is 1.07. The number of pyridine rings is 1. The van der Waals surface area contributed by atoms with Gasteiger partial charge in [-0.3, -0.25) is 4.79 Å². The number of aromatic nitrogens is 1. The van der Waals surface area contributed by atoms with Crippen molar-refractivity contribution >= 4 is 11.7 Å². The van der Waals surface area contributed by atoms with Crippen molar-refractivity contribution < 1.29 is 9.90 Å². The fourth-order valence-electron chi connectivity index (χ4n) is 1.07. The van der Waals surface area contributed by atoms with E-state index in [0.717, 1.165) is 0 Å². The predicted molar refractivity (Wildman–Crippen MR) is 37.8 cm³/mol. The first-order chi connectivity index (χ1) is 5.29. The van der Waals surface area contributed by atoms with E-state index in [1.54, 1.807) is 18.3 Å². The first-order valence-corrected chi connectivity index (χ1v) is 3.23. The summed E-state index contributed by atoms with van der Waals surface area (Å²) in [6.07, 6.45) is 0.524. The zero-order valence-corrected chi connectivity index (χ0v) is 5.61. The second-order valence-corrected chi connectivity index (χ2v) is 2.33. The third-order valence-electron chi connectivity index (χ3n) is 1.62. The molecule has 1 aromatic heterocycles. The molecule has 1 atom stereocenters. The number of amides is 1. The summed E-state index contributed by atoms with van der Waals surface area (Å²) in [6.45, 7) is 0. The van der Waals surface area contributed by atoms with Crippen LogP contribution in [0.1, 0.15) is 11.7 Å². The molecule has 4 heteroatoms. The SMILES string of the molecule is O=C1Nc2ncccc2C1O. The van der Waals surface area contributed by atoms with Crippen LogP contribution in [0.15, 0.2) is 18.3 Å². The number of anilines is 1. The normalized spacial score (nSPS) is 21.2. The molecule has 2 N–H and O–H groups in total. The Kier molecular flexibility index (Phi) is 1.16. The van der Waals surface area contributed by atoms with Gasteiger partial charge in [0.05, 0.1) is 0 Å². The van der Waals surface area contributed by atoms with Crippen molar-refractivity contribution in [3.05, 3.63) is 23.9 Å². The average Bonchev–Trinajstić information content (AvgIpc) is 2.30. The highest BCUT2D eigenvalue weighted by atomic mass is 16.3. The van der Waals surface area contributed by atoms with E-state index in [1.807, 2.05) is 0 Å². The molecule has 0 aliphatic carbocycles. The Labute approximate surface area is 62.9 Å². The smallest absolute Gasteiger partial charge is 0.259 e. The third-order valence-corrected chi connectivity index (χ3v) is 1.62. The Morgan fingerprint density at radius 1 is 1.64 bits per heavy atom. The number of nitrogens with one attached hydrogen (secondary N) is 1. The zero-order chi connectivity index (χ0) is 7.84. The van der Waals surface area contributed by atoms with Gasteiger partial charge in [0.25, 0.3) is 5.91 Å². The molecule has 0 saturated carbocycles. The number of carbonyl (C=O) groups excluding carboxylic acids is 1. The highest BCUT2D eigenvalue weighted by Crippen LogP contribution is 2.27. The van der Waals surface area contributed by atoms with E-state index in [-0.39, 0.29) is 0 Å². The summed E-state index contributed by atoms with van der Waals surface area (Å²) in [5.41, 5.74) is 0.553. The molecule has 4 nitrogen and oxygen atoms in total. The molecule has 0 saturated heterocycles. The molecule has 1 amide bonds. The number of aliphatic hydroxyl groups excluding tert-OH is 1. The summed E-state index contributed by atoms with van der Waals surface area (Å²) in [7, 11) is 0. The monoisotopic (exact) mass is 150 g/mol. The van der Waals surface area contributed by atoms with Gasteiger partial charge in [0.1, 0.15) is 5.82 Å². The largest absolute Gasteiger partial charge is 0.378 e. The van der Waals surface area contributed by atoms with Gasteiger partial charge in [-0.2, -0.15) is 0 Å². The molecule has 11 heavy (non-hydrogen) atoms. The van der Waals surface area contributed by atoms with Crippen molar-refractivity contribution in [2.24, 2.45) is 0 Å². The Hall–Kier alpha value is -1.42. The molecule has 0 bridgehead atoms. The molecule has 0 spiro atoms. The number of fused-ring (bicyclic) bond motifs is 1. The lowest BCUT2D eigenvalue weighted by atomic mass is 10.2. The van der Waals surface area contributed by atoms with Crippen LogP contribution in [0.4, 0.5) is 5.82 Å². The van der Waals surface area contributed by atoms with Crippen LogP contribution in [0.5, 0.6) is 0 Å². The van der Waals surface area contributed by atoms with Crippen molar-refractivity contribution in [1.82, 2.24) is 4.98 Å². The number of hydrogen-bond acceptors (Lipinski definition) is 3. The maximum absolute atomic E-state index is 10.8. The lowest BCUT2D eigenvalue weighted by Gasteiger charge is -1.95. The van der Waals surface area contributed by atoms with E-state index in [2.05, 4.69) is 10.3 Å². The molecule has 0 radical (unpaired) electrons. The molecule has 56 valence electrons. The highest BCUT2D eigenvalue weighted by molar-refractivity contribution is 6.00. The van der Waals surface area contributed by atoms with Crippen LogP contribution in [0.3, 0.4) is 0 Å². The Morgan fingerprint density at radius 3 is 3.18 bits per heavy atom. The van der Waals surface area contributed by atoms with Crippen LogP contribution in [-0.4, -0.2) is 16.0 Å². The van der Waals surface area contributed by atoms with E-state index < -0.39 is 12.0 Å². The average molecular weight is 150 g/mol. The van der Waals surface area contributed by atoms with Gasteiger partial charge in [0.15, 0.2) is 6.10 Å². The van der Waals surface area contributed by atoms with Gasteiger partial charge in [0.2, 0.25) is 0 Å². The Balaban J connectivity index is 2.55. The van der Waals surface area contributed by atoms with E-state index >= 15 is 0 Å². The molecular weight excluding hydrogens is 144 g/mol. The third kappa shape index (κ3) is 0.798. The Morgan fingerprint density at radius 2 is 2.45 bits per heavy atom. The summed E-state index contributed by atoms with van der Waals surface area (Å²) >= 11 is 0. The quantitative estimate of drug-likeness (QED) is 0.550. The maximum Gasteiger partial charge on any atom is 0.259 e. The van der Waals surface area contributed by atoms with Gasteiger partial charge < -0.3 is 10.4 Å². The molecule has 0 fully saturated rings. The van der Waals surface area contributed by atoms with E-state index in [9.17, 15) is 9.90 Å². The minimum absolute atomic E-state index is 0.404. The number of nitrogens with zero attached hydrogens (tertiary/aromatic N) is 1.